The predicted molar refractivity (Wildman–Crippen MR) is 131 cm³/mol. The van der Waals surface area contributed by atoms with Crippen LogP contribution in [0.15, 0.2) is 30.3 Å². The Balaban J connectivity index is 1.46. The Hall–Kier alpha value is -2.93. The minimum atomic E-state index is -5.19. The van der Waals surface area contributed by atoms with Crippen molar-refractivity contribution in [2.45, 2.75) is 63.6 Å². The summed E-state index contributed by atoms with van der Waals surface area (Å²) in [6.45, 7) is 2.29. The third kappa shape index (κ3) is 4.91. The molecular weight excluding hydrogens is 570 g/mol. The number of hydrogen-bond acceptors (Lipinski definition) is 4. The van der Waals surface area contributed by atoms with Gasteiger partial charge in [0, 0.05) is 30.6 Å². The zero-order valence-electron chi connectivity index (χ0n) is 21.3. The maximum Gasteiger partial charge on any atom is 0.422 e. The van der Waals surface area contributed by atoms with Gasteiger partial charge in [-0.15, -0.1) is 10.2 Å². The first-order chi connectivity index (χ1) is 18.6. The van der Waals surface area contributed by atoms with Crippen molar-refractivity contribution in [3.8, 4) is 5.69 Å². The van der Waals surface area contributed by atoms with Crippen molar-refractivity contribution in [3.05, 3.63) is 69.8 Å². The molecule has 0 atom stereocenters. The van der Waals surface area contributed by atoms with Gasteiger partial charge in [0.1, 0.15) is 22.7 Å². The fourth-order valence-electron chi connectivity index (χ4n) is 5.29. The summed E-state index contributed by atoms with van der Waals surface area (Å²) >= 11 is 6.20. The zero-order chi connectivity index (χ0) is 29.2. The van der Waals surface area contributed by atoms with E-state index >= 15 is 0 Å². The molecule has 1 fully saturated rings. The maximum atomic E-state index is 14.7. The summed E-state index contributed by atoms with van der Waals surface area (Å²) in [4.78, 5) is 2.68. The molecule has 216 valence electrons. The Labute approximate surface area is 229 Å². The van der Waals surface area contributed by atoms with E-state index in [1.807, 2.05) is 0 Å². The molecule has 0 bridgehead atoms. The van der Waals surface area contributed by atoms with Gasteiger partial charge in [-0.25, -0.2) is 8.78 Å². The van der Waals surface area contributed by atoms with Gasteiger partial charge in [-0.3, -0.25) is 9.47 Å². The van der Waals surface area contributed by atoms with E-state index in [9.17, 15) is 35.1 Å². The van der Waals surface area contributed by atoms with Crippen LogP contribution in [0.1, 0.15) is 55.4 Å². The van der Waals surface area contributed by atoms with Gasteiger partial charge in [-0.05, 0) is 62.6 Å². The summed E-state index contributed by atoms with van der Waals surface area (Å²) in [5.74, 6) is -2.83. The third-order valence-corrected chi connectivity index (χ3v) is 8.01. The van der Waals surface area contributed by atoms with Crippen LogP contribution in [-0.2, 0) is 19.3 Å². The van der Waals surface area contributed by atoms with Crippen molar-refractivity contribution in [2.75, 3.05) is 18.0 Å². The highest BCUT2D eigenvalue weighted by Crippen LogP contribution is 2.42. The molecule has 2 aromatic carbocycles. The van der Waals surface area contributed by atoms with Gasteiger partial charge in [0.2, 0.25) is 0 Å². The largest absolute Gasteiger partial charge is 0.422 e. The monoisotopic (exact) mass is 593 g/mol. The summed E-state index contributed by atoms with van der Waals surface area (Å²) in [6.07, 6.45) is -9.03. The van der Waals surface area contributed by atoms with E-state index < -0.39 is 35.1 Å². The molecule has 2 aliphatic heterocycles. The standard InChI is InChI=1S/C26H24ClF8N5/c1-24(2,26(33,34)35)39-12-15-11-16(27)3-5-18(15)40-20(13-39)36-37-23(40)14-7-9-38(10-8-14)19-6-4-17(28)21(22(19)29)25(30,31)32/h3-6,11,14H,7-10,12-13H2,1-2H3. The first kappa shape index (κ1) is 28.6. The van der Waals surface area contributed by atoms with E-state index in [0.717, 1.165) is 19.9 Å². The van der Waals surface area contributed by atoms with E-state index in [-0.39, 0.29) is 37.8 Å². The number of rotatable bonds is 3. The summed E-state index contributed by atoms with van der Waals surface area (Å²) in [6, 6.07) is 6.51. The van der Waals surface area contributed by atoms with Crippen LogP contribution in [0.4, 0.5) is 40.8 Å². The van der Waals surface area contributed by atoms with Gasteiger partial charge < -0.3 is 4.90 Å². The van der Waals surface area contributed by atoms with Crippen LogP contribution in [0.2, 0.25) is 5.02 Å². The Morgan fingerprint density at radius 2 is 1.52 bits per heavy atom. The van der Waals surface area contributed by atoms with E-state index in [2.05, 4.69) is 10.2 Å². The number of benzene rings is 2. The highest BCUT2D eigenvalue weighted by atomic mass is 35.5. The lowest BCUT2D eigenvalue weighted by atomic mass is 9.95. The summed E-state index contributed by atoms with van der Waals surface area (Å²) < 4.78 is 112. The normalized spacial score (nSPS) is 17.5. The minimum absolute atomic E-state index is 0.0466. The number of halogens is 9. The van der Waals surface area contributed by atoms with E-state index in [1.165, 1.54) is 9.80 Å². The molecule has 0 N–H and O–H groups in total. The van der Waals surface area contributed by atoms with Gasteiger partial charge in [0.25, 0.3) is 0 Å². The van der Waals surface area contributed by atoms with Crippen molar-refractivity contribution in [2.24, 2.45) is 0 Å². The molecule has 3 heterocycles. The first-order valence-corrected chi connectivity index (χ1v) is 12.8. The molecule has 0 unspecified atom stereocenters. The highest BCUT2D eigenvalue weighted by molar-refractivity contribution is 6.30. The molecule has 1 saturated heterocycles. The number of alkyl halides is 6. The molecule has 5 nitrogen and oxygen atoms in total. The average molecular weight is 594 g/mol. The van der Waals surface area contributed by atoms with Crippen LogP contribution in [0, 0.1) is 11.6 Å². The van der Waals surface area contributed by atoms with Crippen LogP contribution < -0.4 is 4.90 Å². The lowest BCUT2D eigenvalue weighted by molar-refractivity contribution is -0.224. The van der Waals surface area contributed by atoms with E-state index in [4.69, 9.17) is 11.6 Å². The molecule has 14 heteroatoms. The summed E-state index contributed by atoms with van der Waals surface area (Å²) in [7, 11) is 0. The van der Waals surface area contributed by atoms with Gasteiger partial charge >= 0.3 is 12.4 Å². The second-order valence-electron chi connectivity index (χ2n) is 10.5. The topological polar surface area (TPSA) is 37.2 Å². The Kier molecular flexibility index (Phi) is 7.05. The number of aromatic nitrogens is 3. The van der Waals surface area contributed by atoms with Crippen molar-refractivity contribution in [3.63, 3.8) is 0 Å². The predicted octanol–water partition coefficient (Wildman–Crippen LogP) is 7.26. The molecule has 2 aliphatic rings. The minimum Gasteiger partial charge on any atom is -0.369 e. The number of fused-ring (bicyclic) bond motifs is 3. The van der Waals surface area contributed by atoms with Gasteiger partial charge in [0.05, 0.1) is 17.9 Å². The van der Waals surface area contributed by atoms with Crippen molar-refractivity contribution in [1.82, 2.24) is 19.7 Å². The fourth-order valence-corrected chi connectivity index (χ4v) is 5.48. The Bertz CT molecular complexity index is 1420. The molecule has 1 aromatic heterocycles. The average Bonchev–Trinajstić information content (AvgIpc) is 3.18. The number of hydrogen-bond donors (Lipinski definition) is 0. The second kappa shape index (κ2) is 9.86. The van der Waals surface area contributed by atoms with E-state index in [1.54, 1.807) is 22.8 Å². The smallest absolute Gasteiger partial charge is 0.369 e. The Morgan fingerprint density at radius 3 is 2.15 bits per heavy atom. The van der Waals surface area contributed by atoms with Gasteiger partial charge in [-0.2, -0.15) is 26.3 Å². The first-order valence-electron chi connectivity index (χ1n) is 12.4. The molecule has 3 aromatic rings. The molecule has 0 amide bonds. The molecule has 5 rings (SSSR count). The third-order valence-electron chi connectivity index (χ3n) is 7.77. The second-order valence-corrected chi connectivity index (χ2v) is 10.9. The van der Waals surface area contributed by atoms with Crippen LogP contribution in [-0.4, -0.2) is 44.5 Å². The number of nitrogens with zero attached hydrogens (tertiary/aromatic N) is 5. The zero-order valence-corrected chi connectivity index (χ0v) is 22.1. The fraction of sp³-hybridized carbons (Fsp3) is 0.462. The van der Waals surface area contributed by atoms with Crippen molar-refractivity contribution >= 4 is 17.3 Å². The van der Waals surface area contributed by atoms with Crippen LogP contribution in [0.25, 0.3) is 5.69 Å². The molecule has 0 spiro atoms. The van der Waals surface area contributed by atoms with Crippen molar-refractivity contribution < 1.29 is 35.1 Å². The van der Waals surface area contributed by atoms with Crippen LogP contribution in [0.5, 0.6) is 0 Å². The van der Waals surface area contributed by atoms with Gasteiger partial charge in [-0.1, -0.05) is 11.6 Å². The summed E-state index contributed by atoms with van der Waals surface area (Å²) in [5.41, 5.74) is -3.33. The van der Waals surface area contributed by atoms with Crippen molar-refractivity contribution in [1.29, 1.82) is 0 Å². The van der Waals surface area contributed by atoms with Crippen LogP contribution >= 0.6 is 11.6 Å². The Morgan fingerprint density at radius 1 is 0.875 bits per heavy atom. The van der Waals surface area contributed by atoms with Gasteiger partial charge in [0.15, 0.2) is 11.6 Å². The quantitative estimate of drug-likeness (QED) is 0.300. The molecule has 0 saturated carbocycles. The number of anilines is 1. The number of piperidine rings is 1. The lowest BCUT2D eigenvalue weighted by Gasteiger charge is -2.38. The molecule has 0 aliphatic carbocycles. The highest BCUT2D eigenvalue weighted by Gasteiger charge is 2.52. The van der Waals surface area contributed by atoms with E-state index in [0.29, 0.717) is 46.8 Å². The SMILES string of the molecule is CC(C)(N1Cc2cc(Cl)ccc2-n2c(nnc2C2CCN(c3ccc(F)c(C(F)(F)F)c3F)CC2)C1)C(F)(F)F. The molecular formula is C26H24ClF8N5. The summed E-state index contributed by atoms with van der Waals surface area (Å²) in [5, 5.41) is 8.90. The molecule has 0 radical (unpaired) electrons. The van der Waals surface area contributed by atoms with Crippen LogP contribution in [0.3, 0.4) is 0 Å². The molecule has 40 heavy (non-hydrogen) atoms. The lowest BCUT2D eigenvalue weighted by Crippen LogP contribution is -2.53. The maximum absolute atomic E-state index is 14.7.